The zero-order valence-corrected chi connectivity index (χ0v) is 10.7. The molecule has 0 bridgehead atoms. The first kappa shape index (κ1) is 12.5. The van der Waals surface area contributed by atoms with Crippen LogP contribution in [-0.2, 0) is 0 Å². The molecule has 0 aliphatic heterocycles. The van der Waals surface area contributed by atoms with Gasteiger partial charge in [0.1, 0.15) is 5.00 Å². The van der Waals surface area contributed by atoms with Crippen LogP contribution in [0.1, 0.15) is 18.5 Å². The molecule has 0 aliphatic rings. The van der Waals surface area contributed by atoms with Crippen LogP contribution in [0.2, 0.25) is 0 Å². The zero-order chi connectivity index (χ0) is 13.0. The van der Waals surface area contributed by atoms with E-state index in [1.54, 1.807) is 12.3 Å². The molecular formula is C12H14N4OS. The van der Waals surface area contributed by atoms with Gasteiger partial charge in [-0.3, -0.25) is 5.32 Å². The molecule has 1 aromatic heterocycles. The van der Waals surface area contributed by atoms with E-state index in [0.29, 0.717) is 5.00 Å². The fourth-order valence-electron chi connectivity index (χ4n) is 1.42. The van der Waals surface area contributed by atoms with Crippen LogP contribution >= 0.6 is 11.5 Å². The van der Waals surface area contributed by atoms with Crippen molar-refractivity contribution in [1.29, 1.82) is 0 Å². The van der Waals surface area contributed by atoms with Crippen LogP contribution in [-0.4, -0.2) is 10.4 Å². The van der Waals surface area contributed by atoms with Crippen LogP contribution in [0.25, 0.3) is 0 Å². The van der Waals surface area contributed by atoms with E-state index in [9.17, 15) is 4.79 Å². The number of urea groups is 1. The number of aromatic nitrogens is 1. The normalized spacial score (nSPS) is 11.9. The Balaban J connectivity index is 1.95. The lowest BCUT2D eigenvalue weighted by atomic mass is 10.1. The van der Waals surface area contributed by atoms with Crippen molar-refractivity contribution in [1.82, 2.24) is 4.37 Å². The van der Waals surface area contributed by atoms with Crippen molar-refractivity contribution in [3.8, 4) is 0 Å². The number of carbonyl (C=O) groups is 1. The molecule has 6 heteroatoms. The molecule has 0 aliphatic carbocycles. The number of amides is 2. The molecule has 94 valence electrons. The molecule has 0 fully saturated rings. The van der Waals surface area contributed by atoms with Crippen LogP contribution in [0, 0.1) is 0 Å². The summed E-state index contributed by atoms with van der Waals surface area (Å²) < 4.78 is 3.90. The molecule has 0 radical (unpaired) electrons. The van der Waals surface area contributed by atoms with Crippen molar-refractivity contribution in [2.45, 2.75) is 13.0 Å². The van der Waals surface area contributed by atoms with Crippen molar-refractivity contribution in [2.24, 2.45) is 5.73 Å². The van der Waals surface area contributed by atoms with Crippen LogP contribution in [0.15, 0.2) is 36.5 Å². The molecule has 4 N–H and O–H groups in total. The van der Waals surface area contributed by atoms with Gasteiger partial charge >= 0.3 is 6.03 Å². The summed E-state index contributed by atoms with van der Waals surface area (Å²) in [4.78, 5) is 11.6. The predicted molar refractivity (Wildman–Crippen MR) is 73.8 cm³/mol. The number of hydrogen-bond acceptors (Lipinski definition) is 4. The summed E-state index contributed by atoms with van der Waals surface area (Å²) in [6.07, 6.45) is 1.64. The van der Waals surface area contributed by atoms with Crippen molar-refractivity contribution in [3.63, 3.8) is 0 Å². The standard InChI is InChI=1S/C12H14N4OS/c1-8(13)9-2-4-10(5-3-9)15-12(17)16-11-6-7-14-18-11/h2-8H,13H2,1H3,(H2,15,16,17). The molecule has 1 heterocycles. The maximum Gasteiger partial charge on any atom is 0.324 e. The van der Waals surface area contributed by atoms with Crippen LogP contribution < -0.4 is 16.4 Å². The summed E-state index contributed by atoms with van der Waals surface area (Å²) in [5.41, 5.74) is 7.50. The van der Waals surface area contributed by atoms with Gasteiger partial charge in [0.2, 0.25) is 0 Å². The second-order valence-corrected chi connectivity index (χ2v) is 4.70. The summed E-state index contributed by atoms with van der Waals surface area (Å²) in [6.45, 7) is 1.92. The van der Waals surface area contributed by atoms with Gasteiger partial charge in [-0.2, -0.15) is 4.37 Å². The van der Waals surface area contributed by atoms with Gasteiger partial charge in [0.05, 0.1) is 0 Å². The number of benzene rings is 1. The fraction of sp³-hybridized carbons (Fsp3) is 0.167. The first-order chi connectivity index (χ1) is 8.65. The van der Waals surface area contributed by atoms with Crippen LogP contribution in [0.3, 0.4) is 0 Å². The van der Waals surface area contributed by atoms with Crippen molar-refractivity contribution < 1.29 is 4.79 Å². The van der Waals surface area contributed by atoms with Gasteiger partial charge in [0, 0.05) is 17.9 Å². The molecular weight excluding hydrogens is 248 g/mol. The molecule has 1 aromatic carbocycles. The van der Waals surface area contributed by atoms with E-state index in [2.05, 4.69) is 15.0 Å². The number of nitrogens with one attached hydrogen (secondary N) is 2. The first-order valence-corrected chi connectivity index (χ1v) is 6.27. The largest absolute Gasteiger partial charge is 0.324 e. The van der Waals surface area contributed by atoms with Gasteiger partial charge in [-0.05, 0) is 42.2 Å². The third-order valence-corrected chi connectivity index (χ3v) is 3.03. The van der Waals surface area contributed by atoms with Crippen LogP contribution in [0.4, 0.5) is 15.5 Å². The number of nitrogens with zero attached hydrogens (tertiary/aromatic N) is 1. The van der Waals surface area contributed by atoms with Gasteiger partial charge in [0.15, 0.2) is 0 Å². The van der Waals surface area contributed by atoms with Crippen molar-refractivity contribution in [3.05, 3.63) is 42.1 Å². The molecule has 2 rings (SSSR count). The molecule has 5 nitrogen and oxygen atoms in total. The summed E-state index contributed by atoms with van der Waals surface area (Å²) in [6, 6.07) is 8.89. The average Bonchev–Trinajstić information content (AvgIpc) is 2.82. The molecule has 1 unspecified atom stereocenters. The Morgan fingerprint density at radius 1 is 1.28 bits per heavy atom. The highest BCUT2D eigenvalue weighted by molar-refractivity contribution is 7.10. The maximum absolute atomic E-state index is 11.6. The minimum absolute atomic E-state index is 0.00919. The van der Waals surface area contributed by atoms with Gasteiger partial charge in [-0.15, -0.1) is 0 Å². The summed E-state index contributed by atoms with van der Waals surface area (Å²) >= 11 is 1.23. The lowest BCUT2D eigenvalue weighted by Crippen LogP contribution is -2.18. The van der Waals surface area contributed by atoms with E-state index in [0.717, 1.165) is 11.3 Å². The SMILES string of the molecule is CC(N)c1ccc(NC(=O)Nc2ccns2)cc1. The highest BCUT2D eigenvalue weighted by Crippen LogP contribution is 2.15. The topological polar surface area (TPSA) is 80.0 Å². The molecule has 0 spiro atoms. The third kappa shape index (κ3) is 3.28. The summed E-state index contributed by atoms with van der Waals surface area (Å²) in [5.74, 6) is 0. The number of carbonyl (C=O) groups excluding carboxylic acids is 1. The minimum Gasteiger partial charge on any atom is -0.324 e. The molecule has 0 saturated carbocycles. The average molecular weight is 262 g/mol. The molecule has 18 heavy (non-hydrogen) atoms. The summed E-state index contributed by atoms with van der Waals surface area (Å²) in [5, 5.41) is 6.13. The number of nitrogens with two attached hydrogens (primary N) is 1. The second kappa shape index (κ2) is 5.61. The fourth-order valence-corrected chi connectivity index (χ4v) is 1.92. The summed E-state index contributed by atoms with van der Waals surface area (Å²) in [7, 11) is 0. The zero-order valence-electron chi connectivity index (χ0n) is 9.88. The molecule has 2 aromatic rings. The lowest BCUT2D eigenvalue weighted by Gasteiger charge is -2.08. The third-order valence-electron chi connectivity index (χ3n) is 2.37. The highest BCUT2D eigenvalue weighted by Gasteiger charge is 2.04. The smallest absolute Gasteiger partial charge is 0.324 e. The minimum atomic E-state index is -0.284. The monoisotopic (exact) mass is 262 g/mol. The van der Waals surface area contributed by atoms with Gasteiger partial charge in [-0.1, -0.05) is 12.1 Å². The number of hydrogen-bond donors (Lipinski definition) is 3. The molecule has 2 amide bonds. The molecule has 0 saturated heterocycles. The van der Waals surface area contributed by atoms with Gasteiger partial charge < -0.3 is 11.1 Å². The Labute approximate surface area is 109 Å². The van der Waals surface area contributed by atoms with Crippen molar-refractivity contribution >= 4 is 28.3 Å². The van der Waals surface area contributed by atoms with Crippen molar-refractivity contribution in [2.75, 3.05) is 10.6 Å². The Morgan fingerprint density at radius 3 is 2.56 bits per heavy atom. The highest BCUT2D eigenvalue weighted by atomic mass is 32.1. The van der Waals surface area contributed by atoms with Gasteiger partial charge in [-0.25, -0.2) is 4.79 Å². The Morgan fingerprint density at radius 2 is 2.00 bits per heavy atom. The number of rotatable bonds is 3. The number of anilines is 2. The van der Waals surface area contributed by atoms with E-state index in [1.165, 1.54) is 11.5 Å². The van der Waals surface area contributed by atoms with Crippen LogP contribution in [0.5, 0.6) is 0 Å². The van der Waals surface area contributed by atoms with E-state index >= 15 is 0 Å². The molecule has 1 atom stereocenters. The second-order valence-electron chi connectivity index (χ2n) is 3.87. The quantitative estimate of drug-likeness (QED) is 0.795. The predicted octanol–water partition coefficient (Wildman–Crippen LogP) is 2.81. The maximum atomic E-state index is 11.6. The van der Waals surface area contributed by atoms with E-state index in [4.69, 9.17) is 5.73 Å². The van der Waals surface area contributed by atoms with E-state index in [-0.39, 0.29) is 12.1 Å². The van der Waals surface area contributed by atoms with Gasteiger partial charge in [0.25, 0.3) is 0 Å². The first-order valence-electron chi connectivity index (χ1n) is 5.49. The Bertz CT molecular complexity index is 507. The Kier molecular flexibility index (Phi) is 3.91. The lowest BCUT2D eigenvalue weighted by molar-refractivity contribution is 0.262. The Hall–Kier alpha value is -1.92. The van der Waals surface area contributed by atoms with E-state index in [1.807, 2.05) is 31.2 Å². The van der Waals surface area contributed by atoms with E-state index < -0.39 is 0 Å².